The third-order valence-corrected chi connectivity index (χ3v) is 1.43. The molecule has 1 rings (SSSR count). The van der Waals surface area contributed by atoms with Crippen LogP contribution < -0.4 is 5.11 Å². The van der Waals surface area contributed by atoms with Gasteiger partial charge in [-0.3, -0.25) is 0 Å². The smallest absolute Gasteiger partial charge is 0.0991 e. The number of carboxylic acid groups (broad SMARTS) is 1. The minimum absolute atomic E-state index is 0.500. The second-order valence-corrected chi connectivity index (χ2v) is 2.39. The first kappa shape index (κ1) is 9.01. The van der Waals surface area contributed by atoms with Gasteiger partial charge in [-0.2, -0.15) is 5.26 Å². The van der Waals surface area contributed by atoms with E-state index in [2.05, 4.69) is 0 Å². The SMILES string of the molecule is N#Cc1cccc(/C=C\C(=O)[O-])c1. The van der Waals surface area contributed by atoms with E-state index in [0.29, 0.717) is 11.1 Å². The summed E-state index contributed by atoms with van der Waals surface area (Å²) in [5, 5.41) is 18.6. The van der Waals surface area contributed by atoms with Crippen LogP contribution in [0.25, 0.3) is 6.08 Å². The molecule has 0 aromatic heterocycles. The molecule has 0 aliphatic rings. The summed E-state index contributed by atoms with van der Waals surface area (Å²) in [4.78, 5) is 10.1. The van der Waals surface area contributed by atoms with Gasteiger partial charge in [0.05, 0.1) is 17.6 Å². The van der Waals surface area contributed by atoms with Crippen molar-refractivity contribution in [3.63, 3.8) is 0 Å². The lowest BCUT2D eigenvalue weighted by atomic mass is 10.1. The van der Waals surface area contributed by atoms with Crippen LogP contribution in [0.15, 0.2) is 30.3 Å². The van der Waals surface area contributed by atoms with Crippen molar-refractivity contribution < 1.29 is 9.90 Å². The molecule has 0 bridgehead atoms. The van der Waals surface area contributed by atoms with Crippen LogP contribution >= 0.6 is 0 Å². The third-order valence-electron chi connectivity index (χ3n) is 1.43. The van der Waals surface area contributed by atoms with Crippen molar-refractivity contribution in [2.75, 3.05) is 0 Å². The Morgan fingerprint density at radius 2 is 2.31 bits per heavy atom. The molecule has 0 atom stereocenters. The number of carboxylic acids is 1. The summed E-state index contributed by atoms with van der Waals surface area (Å²) in [5.74, 6) is -1.25. The Morgan fingerprint density at radius 1 is 1.54 bits per heavy atom. The fraction of sp³-hybridized carbons (Fsp3) is 0. The molecule has 0 saturated heterocycles. The Labute approximate surface area is 75.5 Å². The van der Waals surface area contributed by atoms with Crippen molar-refractivity contribution in [2.24, 2.45) is 0 Å². The second-order valence-electron chi connectivity index (χ2n) is 2.39. The number of carbonyl (C=O) groups is 1. The monoisotopic (exact) mass is 172 g/mol. The van der Waals surface area contributed by atoms with Crippen LogP contribution in [0.5, 0.6) is 0 Å². The second kappa shape index (κ2) is 4.07. The minimum atomic E-state index is -1.25. The summed E-state index contributed by atoms with van der Waals surface area (Å²) in [5.41, 5.74) is 1.17. The van der Waals surface area contributed by atoms with Gasteiger partial charge in [-0.25, -0.2) is 0 Å². The maximum Gasteiger partial charge on any atom is 0.0991 e. The molecule has 1 aromatic rings. The highest BCUT2D eigenvalue weighted by atomic mass is 16.4. The topological polar surface area (TPSA) is 63.9 Å². The number of nitriles is 1. The first-order valence-corrected chi connectivity index (χ1v) is 3.61. The Morgan fingerprint density at radius 3 is 2.92 bits per heavy atom. The summed E-state index contributed by atoms with van der Waals surface area (Å²) in [6.45, 7) is 0. The van der Waals surface area contributed by atoms with E-state index in [-0.39, 0.29) is 0 Å². The average molecular weight is 172 g/mol. The largest absolute Gasteiger partial charge is 0.545 e. The molecular weight excluding hydrogens is 166 g/mol. The molecule has 0 saturated carbocycles. The molecule has 3 heteroatoms. The first-order chi connectivity index (χ1) is 6.22. The quantitative estimate of drug-likeness (QED) is 0.603. The van der Waals surface area contributed by atoms with Crippen LogP contribution in [0.1, 0.15) is 11.1 Å². The maximum absolute atomic E-state index is 10.1. The van der Waals surface area contributed by atoms with E-state index in [4.69, 9.17) is 5.26 Å². The lowest BCUT2D eigenvalue weighted by Gasteiger charge is -1.94. The average Bonchev–Trinajstić information content (AvgIpc) is 2.15. The van der Waals surface area contributed by atoms with Crippen molar-refractivity contribution in [1.29, 1.82) is 5.26 Å². The molecule has 0 aliphatic heterocycles. The zero-order valence-corrected chi connectivity index (χ0v) is 6.73. The van der Waals surface area contributed by atoms with E-state index in [1.54, 1.807) is 24.3 Å². The van der Waals surface area contributed by atoms with Gasteiger partial charge < -0.3 is 9.90 Å². The fourth-order valence-electron chi connectivity index (χ4n) is 0.876. The minimum Gasteiger partial charge on any atom is -0.545 e. The summed E-state index contributed by atoms with van der Waals surface area (Å²) in [7, 11) is 0. The van der Waals surface area contributed by atoms with Crippen LogP contribution in [0.4, 0.5) is 0 Å². The van der Waals surface area contributed by atoms with Gasteiger partial charge >= 0.3 is 0 Å². The number of nitrogens with zero attached hydrogens (tertiary/aromatic N) is 1. The highest BCUT2D eigenvalue weighted by Crippen LogP contribution is 2.05. The molecule has 0 unspecified atom stereocenters. The lowest BCUT2D eigenvalue weighted by molar-refractivity contribution is -0.297. The molecule has 0 radical (unpaired) electrons. The van der Waals surface area contributed by atoms with Crippen LogP contribution in [0.3, 0.4) is 0 Å². The van der Waals surface area contributed by atoms with Gasteiger partial charge in [0.1, 0.15) is 0 Å². The lowest BCUT2D eigenvalue weighted by Crippen LogP contribution is -2.18. The number of hydrogen-bond donors (Lipinski definition) is 0. The standard InChI is InChI=1S/C10H7NO2/c11-7-9-3-1-2-8(6-9)4-5-10(12)13/h1-6H,(H,12,13)/p-1/b5-4-. The molecule has 0 N–H and O–H groups in total. The van der Waals surface area contributed by atoms with Crippen molar-refractivity contribution >= 4 is 12.0 Å². The molecule has 3 nitrogen and oxygen atoms in total. The highest BCUT2D eigenvalue weighted by molar-refractivity contribution is 5.83. The normalized spacial score (nSPS) is 9.77. The number of aliphatic carboxylic acids is 1. The van der Waals surface area contributed by atoms with Gasteiger partial charge in [0.2, 0.25) is 0 Å². The molecule has 1 aromatic carbocycles. The van der Waals surface area contributed by atoms with Crippen molar-refractivity contribution in [1.82, 2.24) is 0 Å². The Bertz CT molecular complexity index is 388. The van der Waals surface area contributed by atoms with Crippen molar-refractivity contribution in [3.05, 3.63) is 41.5 Å². The van der Waals surface area contributed by atoms with Gasteiger partial charge in [0, 0.05) is 0 Å². The zero-order valence-electron chi connectivity index (χ0n) is 6.73. The zero-order chi connectivity index (χ0) is 9.68. The summed E-state index contributed by atoms with van der Waals surface area (Å²) in [6, 6.07) is 8.60. The van der Waals surface area contributed by atoms with E-state index in [0.717, 1.165) is 6.08 Å². The van der Waals surface area contributed by atoms with Crippen LogP contribution in [-0.2, 0) is 4.79 Å². The first-order valence-electron chi connectivity index (χ1n) is 3.61. The predicted molar refractivity (Wildman–Crippen MR) is 45.2 cm³/mol. The number of hydrogen-bond acceptors (Lipinski definition) is 3. The summed E-state index contributed by atoms with van der Waals surface area (Å²) >= 11 is 0. The van der Waals surface area contributed by atoms with Gasteiger partial charge in [-0.1, -0.05) is 18.2 Å². The van der Waals surface area contributed by atoms with Gasteiger partial charge in [-0.15, -0.1) is 0 Å². The maximum atomic E-state index is 10.1. The van der Waals surface area contributed by atoms with E-state index in [1.165, 1.54) is 6.08 Å². The molecule has 0 fully saturated rings. The third kappa shape index (κ3) is 2.80. The molecule has 0 heterocycles. The van der Waals surface area contributed by atoms with Crippen molar-refractivity contribution in [2.45, 2.75) is 0 Å². The van der Waals surface area contributed by atoms with Crippen LogP contribution in [0, 0.1) is 11.3 Å². The Kier molecular flexibility index (Phi) is 2.82. The molecule has 0 spiro atoms. The highest BCUT2D eigenvalue weighted by Gasteiger charge is 1.89. The van der Waals surface area contributed by atoms with E-state index < -0.39 is 5.97 Å². The molecule has 0 amide bonds. The molecule has 13 heavy (non-hydrogen) atoms. The Balaban J connectivity index is 2.91. The van der Waals surface area contributed by atoms with Gasteiger partial charge in [-0.05, 0) is 23.8 Å². The molecule has 64 valence electrons. The summed E-state index contributed by atoms with van der Waals surface area (Å²) in [6.07, 6.45) is 2.31. The number of benzene rings is 1. The predicted octanol–water partition coefficient (Wildman–Crippen LogP) is 0.321. The molecular formula is C10H6NO2-. The van der Waals surface area contributed by atoms with Crippen LogP contribution in [0.2, 0.25) is 0 Å². The van der Waals surface area contributed by atoms with E-state index >= 15 is 0 Å². The summed E-state index contributed by atoms with van der Waals surface area (Å²) < 4.78 is 0. The molecule has 0 aliphatic carbocycles. The van der Waals surface area contributed by atoms with Crippen LogP contribution in [-0.4, -0.2) is 5.97 Å². The fourth-order valence-corrected chi connectivity index (χ4v) is 0.876. The van der Waals surface area contributed by atoms with Gasteiger partial charge in [0.25, 0.3) is 0 Å². The van der Waals surface area contributed by atoms with Gasteiger partial charge in [0.15, 0.2) is 0 Å². The Hall–Kier alpha value is -2.08. The van der Waals surface area contributed by atoms with E-state index in [9.17, 15) is 9.90 Å². The number of carbonyl (C=O) groups excluding carboxylic acids is 1. The number of rotatable bonds is 2. The van der Waals surface area contributed by atoms with E-state index in [1.807, 2.05) is 6.07 Å². The van der Waals surface area contributed by atoms with Crippen molar-refractivity contribution in [3.8, 4) is 6.07 Å².